The van der Waals surface area contributed by atoms with Crippen molar-refractivity contribution < 1.29 is 4.52 Å². The van der Waals surface area contributed by atoms with Crippen LogP contribution in [0.15, 0.2) is 22.7 Å². The van der Waals surface area contributed by atoms with E-state index in [1.165, 1.54) is 37.8 Å². The van der Waals surface area contributed by atoms with Crippen molar-refractivity contribution in [3.63, 3.8) is 0 Å². The molecule has 1 aromatic heterocycles. The highest BCUT2D eigenvalue weighted by molar-refractivity contribution is 5.75. The molecule has 2 N–H and O–H groups in total. The smallest absolute Gasteiger partial charge is 0.257 e. The van der Waals surface area contributed by atoms with E-state index in [4.69, 9.17) is 4.52 Å². The van der Waals surface area contributed by atoms with Gasteiger partial charge in [-0.05, 0) is 50.8 Å². The Kier molecular flexibility index (Phi) is 5.95. The Labute approximate surface area is 150 Å². The summed E-state index contributed by atoms with van der Waals surface area (Å²) < 4.78 is 5.34. The summed E-state index contributed by atoms with van der Waals surface area (Å²) in [6.45, 7) is 6.29. The fourth-order valence-corrected chi connectivity index (χ4v) is 3.52. The molecular formula is C20H30N4O. The number of rotatable bonds is 7. The maximum atomic E-state index is 5.34. The summed E-state index contributed by atoms with van der Waals surface area (Å²) in [5.41, 5.74) is 3.27. The third-order valence-corrected chi connectivity index (χ3v) is 5.10. The molecule has 0 bridgehead atoms. The first-order valence-corrected chi connectivity index (χ1v) is 9.67. The predicted molar refractivity (Wildman–Crippen MR) is 103 cm³/mol. The van der Waals surface area contributed by atoms with E-state index in [2.05, 4.69) is 52.8 Å². The van der Waals surface area contributed by atoms with Crippen molar-refractivity contribution in [2.75, 3.05) is 10.6 Å². The van der Waals surface area contributed by atoms with E-state index in [1.54, 1.807) is 0 Å². The summed E-state index contributed by atoms with van der Waals surface area (Å²) >= 11 is 0. The number of nitrogens with one attached hydrogen (secondary N) is 2. The average molecular weight is 342 g/mol. The first-order chi connectivity index (χ1) is 12.2. The van der Waals surface area contributed by atoms with Crippen LogP contribution in [0.2, 0.25) is 0 Å². The summed E-state index contributed by atoms with van der Waals surface area (Å²) in [5, 5.41) is 11.4. The molecule has 0 unspecified atom stereocenters. The van der Waals surface area contributed by atoms with Crippen LogP contribution in [0.1, 0.15) is 64.6 Å². The van der Waals surface area contributed by atoms with Crippen LogP contribution in [-0.4, -0.2) is 22.2 Å². The quantitative estimate of drug-likeness (QED) is 0.706. The number of anilines is 2. The van der Waals surface area contributed by atoms with Crippen LogP contribution in [-0.2, 0) is 0 Å². The molecule has 1 heterocycles. The molecule has 0 radical (unpaired) electrons. The molecular weight excluding hydrogens is 312 g/mol. The number of hydrogen-bond donors (Lipinski definition) is 2. The monoisotopic (exact) mass is 342 g/mol. The summed E-state index contributed by atoms with van der Waals surface area (Å²) in [6.07, 6.45) is 8.74. The second-order valence-corrected chi connectivity index (χ2v) is 7.04. The van der Waals surface area contributed by atoms with Crippen LogP contribution in [0.3, 0.4) is 0 Å². The van der Waals surface area contributed by atoms with Crippen molar-refractivity contribution in [3.05, 3.63) is 24.0 Å². The molecule has 136 valence electrons. The summed E-state index contributed by atoms with van der Waals surface area (Å²) in [6, 6.07) is 7.39. The second-order valence-electron chi connectivity index (χ2n) is 7.04. The van der Waals surface area contributed by atoms with Crippen molar-refractivity contribution in [1.82, 2.24) is 10.1 Å². The molecule has 1 saturated carbocycles. The van der Waals surface area contributed by atoms with Gasteiger partial charge in [0.2, 0.25) is 0 Å². The Balaban J connectivity index is 1.86. The fraction of sp³-hybridized carbons (Fsp3) is 0.600. The third kappa shape index (κ3) is 4.53. The van der Waals surface area contributed by atoms with Gasteiger partial charge in [0.1, 0.15) is 0 Å². The molecule has 2 aromatic rings. The minimum absolute atomic E-state index is 0.464. The summed E-state index contributed by atoms with van der Waals surface area (Å²) in [5.74, 6) is 1.24. The normalized spacial score (nSPS) is 15.5. The Hall–Kier alpha value is -2.04. The average Bonchev–Trinajstić information content (AvgIpc) is 3.08. The van der Waals surface area contributed by atoms with Gasteiger partial charge in [-0.25, -0.2) is 0 Å². The standard InChI is InChI=1S/C20H30N4O/c1-4-16(5-2)22-19-13-15(20-21-14(3)24-25-20)11-12-18(19)23-17-9-7-6-8-10-17/h11-13,16-17,22-23H,4-10H2,1-3H3. The first-order valence-electron chi connectivity index (χ1n) is 9.67. The van der Waals surface area contributed by atoms with Gasteiger partial charge >= 0.3 is 0 Å². The molecule has 5 nitrogen and oxygen atoms in total. The van der Waals surface area contributed by atoms with Crippen LogP contribution >= 0.6 is 0 Å². The Morgan fingerprint density at radius 3 is 2.52 bits per heavy atom. The first kappa shape index (κ1) is 17.8. The van der Waals surface area contributed by atoms with Gasteiger partial charge < -0.3 is 15.2 Å². The van der Waals surface area contributed by atoms with Crippen LogP contribution in [0, 0.1) is 6.92 Å². The Morgan fingerprint density at radius 1 is 1.12 bits per heavy atom. The van der Waals surface area contributed by atoms with Crippen molar-refractivity contribution in [1.29, 1.82) is 0 Å². The van der Waals surface area contributed by atoms with E-state index in [0.717, 1.165) is 24.1 Å². The van der Waals surface area contributed by atoms with Crippen LogP contribution in [0.25, 0.3) is 11.5 Å². The molecule has 1 aromatic carbocycles. The zero-order chi connectivity index (χ0) is 17.6. The van der Waals surface area contributed by atoms with E-state index < -0.39 is 0 Å². The second kappa shape index (κ2) is 8.37. The van der Waals surface area contributed by atoms with Gasteiger partial charge in [-0.15, -0.1) is 0 Å². The van der Waals surface area contributed by atoms with E-state index in [9.17, 15) is 0 Å². The van der Waals surface area contributed by atoms with Gasteiger partial charge in [-0.1, -0.05) is 38.3 Å². The lowest BCUT2D eigenvalue weighted by atomic mass is 9.95. The minimum atomic E-state index is 0.464. The van der Waals surface area contributed by atoms with Gasteiger partial charge in [0.05, 0.1) is 11.4 Å². The highest BCUT2D eigenvalue weighted by atomic mass is 16.5. The molecule has 1 aliphatic rings. The lowest BCUT2D eigenvalue weighted by molar-refractivity contribution is 0.425. The fourth-order valence-electron chi connectivity index (χ4n) is 3.52. The predicted octanol–water partition coefficient (Wildman–Crippen LogP) is 5.39. The van der Waals surface area contributed by atoms with Gasteiger partial charge in [0.15, 0.2) is 5.82 Å². The van der Waals surface area contributed by atoms with E-state index >= 15 is 0 Å². The molecule has 0 atom stereocenters. The van der Waals surface area contributed by atoms with Crippen molar-refractivity contribution in [2.24, 2.45) is 0 Å². The SMILES string of the molecule is CCC(CC)Nc1cc(-c2nc(C)no2)ccc1NC1CCCCC1. The molecule has 3 rings (SSSR count). The van der Waals surface area contributed by atoms with Crippen LogP contribution < -0.4 is 10.6 Å². The number of benzene rings is 1. The summed E-state index contributed by atoms with van der Waals surface area (Å²) in [7, 11) is 0. The number of nitrogens with zero attached hydrogens (tertiary/aromatic N) is 2. The maximum absolute atomic E-state index is 5.34. The van der Waals surface area contributed by atoms with Crippen molar-refractivity contribution >= 4 is 11.4 Å². The van der Waals surface area contributed by atoms with Crippen LogP contribution in [0.5, 0.6) is 0 Å². The van der Waals surface area contributed by atoms with Crippen LogP contribution in [0.4, 0.5) is 11.4 Å². The molecule has 1 aliphatic carbocycles. The highest BCUT2D eigenvalue weighted by Gasteiger charge is 2.17. The minimum Gasteiger partial charge on any atom is -0.381 e. The van der Waals surface area contributed by atoms with Gasteiger partial charge in [-0.2, -0.15) is 4.98 Å². The topological polar surface area (TPSA) is 63.0 Å². The molecule has 0 aliphatic heterocycles. The van der Waals surface area contributed by atoms with Gasteiger partial charge in [0.25, 0.3) is 5.89 Å². The molecule has 1 fully saturated rings. The number of hydrogen-bond acceptors (Lipinski definition) is 5. The van der Waals surface area contributed by atoms with E-state index in [1.807, 2.05) is 6.92 Å². The lowest BCUT2D eigenvalue weighted by Crippen LogP contribution is -2.24. The van der Waals surface area contributed by atoms with Crippen molar-refractivity contribution in [2.45, 2.75) is 77.8 Å². The van der Waals surface area contributed by atoms with E-state index in [0.29, 0.717) is 23.8 Å². The Morgan fingerprint density at radius 2 is 1.88 bits per heavy atom. The molecule has 5 heteroatoms. The maximum Gasteiger partial charge on any atom is 0.257 e. The van der Waals surface area contributed by atoms with E-state index in [-0.39, 0.29) is 0 Å². The number of aryl methyl sites for hydroxylation is 1. The summed E-state index contributed by atoms with van der Waals surface area (Å²) in [4.78, 5) is 4.36. The zero-order valence-electron chi connectivity index (χ0n) is 15.6. The molecule has 25 heavy (non-hydrogen) atoms. The lowest BCUT2D eigenvalue weighted by Gasteiger charge is -2.27. The highest BCUT2D eigenvalue weighted by Crippen LogP contribution is 2.32. The Bertz CT molecular complexity index is 672. The van der Waals surface area contributed by atoms with Gasteiger partial charge in [0, 0.05) is 17.6 Å². The largest absolute Gasteiger partial charge is 0.381 e. The van der Waals surface area contributed by atoms with Crippen molar-refractivity contribution in [3.8, 4) is 11.5 Å². The third-order valence-electron chi connectivity index (χ3n) is 5.10. The molecule has 0 amide bonds. The zero-order valence-corrected chi connectivity index (χ0v) is 15.6. The molecule has 0 spiro atoms. The molecule has 0 saturated heterocycles. The number of aromatic nitrogens is 2. The van der Waals surface area contributed by atoms with Gasteiger partial charge in [-0.3, -0.25) is 0 Å².